The number of para-hydroxylation sites is 1. The molecule has 0 N–H and O–H groups in total. The first kappa shape index (κ1) is 22.8. The number of hydrogen-bond acceptors (Lipinski definition) is 3. The lowest BCUT2D eigenvalue weighted by atomic mass is 9.98. The normalized spacial score (nSPS) is 13.2. The lowest BCUT2D eigenvalue weighted by Crippen LogP contribution is -2.40. The summed E-state index contributed by atoms with van der Waals surface area (Å²) in [5, 5.41) is 6.27. The van der Waals surface area contributed by atoms with Crippen LogP contribution < -0.4 is 9.80 Å². The molecule has 6 aromatic carbocycles. The fraction of sp³-hybridized carbons (Fsp3) is 0.0541. The van der Waals surface area contributed by atoms with Gasteiger partial charge in [-0.2, -0.15) is 0 Å². The standard InChI is InChI=1S/C37H27N3/c1-2-9-29-22-33(19-15-26(29)7-1)40-25-39(24-35-34-11-5-3-8-28(34)16-20-37(35)40)32-17-13-27(14-18-32)31-21-30-10-4-6-12-36(30)38-23-31/h1-23H,24-25H2. The molecular formula is C37H27N3. The van der Waals surface area contributed by atoms with Crippen molar-refractivity contribution in [2.45, 2.75) is 6.54 Å². The molecule has 1 aliphatic heterocycles. The molecular weight excluding hydrogens is 486 g/mol. The first-order valence-corrected chi connectivity index (χ1v) is 13.8. The number of hydrogen-bond donors (Lipinski definition) is 0. The van der Waals surface area contributed by atoms with E-state index in [2.05, 4.69) is 142 Å². The molecule has 40 heavy (non-hydrogen) atoms. The Bertz CT molecular complexity index is 2030. The molecule has 0 atom stereocenters. The van der Waals surface area contributed by atoms with Crippen LogP contribution in [0.15, 0.2) is 140 Å². The third kappa shape index (κ3) is 3.87. The van der Waals surface area contributed by atoms with Gasteiger partial charge >= 0.3 is 0 Å². The van der Waals surface area contributed by atoms with Gasteiger partial charge in [0.1, 0.15) is 0 Å². The molecule has 1 aliphatic rings. The van der Waals surface area contributed by atoms with Crippen LogP contribution >= 0.6 is 0 Å². The van der Waals surface area contributed by atoms with Crippen LogP contribution in [0, 0.1) is 0 Å². The van der Waals surface area contributed by atoms with Gasteiger partial charge in [-0.15, -0.1) is 0 Å². The van der Waals surface area contributed by atoms with Gasteiger partial charge in [0.2, 0.25) is 0 Å². The monoisotopic (exact) mass is 513 g/mol. The highest BCUT2D eigenvalue weighted by molar-refractivity contribution is 5.94. The molecule has 0 saturated carbocycles. The van der Waals surface area contributed by atoms with E-state index in [4.69, 9.17) is 0 Å². The van der Waals surface area contributed by atoms with Crippen LogP contribution in [0.1, 0.15) is 5.56 Å². The number of anilines is 3. The molecule has 2 heterocycles. The molecule has 3 nitrogen and oxygen atoms in total. The Labute approximate surface area is 233 Å². The molecule has 7 aromatic rings. The quantitative estimate of drug-likeness (QED) is 0.235. The summed E-state index contributed by atoms with van der Waals surface area (Å²) in [5.41, 5.74) is 8.40. The minimum atomic E-state index is 0.778. The largest absolute Gasteiger partial charge is 0.349 e. The number of nitrogens with zero attached hydrogens (tertiary/aromatic N) is 3. The molecule has 0 amide bonds. The van der Waals surface area contributed by atoms with Gasteiger partial charge in [0.05, 0.1) is 12.2 Å². The second-order valence-electron chi connectivity index (χ2n) is 10.5. The van der Waals surface area contributed by atoms with E-state index < -0.39 is 0 Å². The summed E-state index contributed by atoms with van der Waals surface area (Å²) in [6.45, 7) is 1.64. The topological polar surface area (TPSA) is 19.4 Å². The molecule has 0 aliphatic carbocycles. The Balaban J connectivity index is 1.20. The van der Waals surface area contributed by atoms with E-state index in [0.717, 1.165) is 29.7 Å². The molecule has 190 valence electrons. The SMILES string of the molecule is c1ccc2cc(N3CN(c4ccc(-c5cnc6ccccc6c5)cc4)Cc4c3ccc3ccccc43)ccc2c1. The van der Waals surface area contributed by atoms with E-state index in [1.165, 1.54) is 49.7 Å². The van der Waals surface area contributed by atoms with E-state index in [0.29, 0.717) is 0 Å². The summed E-state index contributed by atoms with van der Waals surface area (Å²) in [4.78, 5) is 9.61. The van der Waals surface area contributed by atoms with Crippen molar-refractivity contribution in [3.05, 3.63) is 145 Å². The summed E-state index contributed by atoms with van der Waals surface area (Å²) in [6.07, 6.45) is 1.97. The average molecular weight is 514 g/mol. The van der Waals surface area contributed by atoms with Crippen molar-refractivity contribution in [3.8, 4) is 11.1 Å². The highest BCUT2D eigenvalue weighted by atomic mass is 15.3. The number of pyridine rings is 1. The molecule has 0 saturated heterocycles. The number of benzene rings is 6. The van der Waals surface area contributed by atoms with Gasteiger partial charge in [0.25, 0.3) is 0 Å². The number of fused-ring (bicyclic) bond motifs is 5. The molecule has 3 heteroatoms. The van der Waals surface area contributed by atoms with Crippen LogP contribution in [-0.2, 0) is 6.54 Å². The minimum Gasteiger partial charge on any atom is -0.349 e. The van der Waals surface area contributed by atoms with E-state index >= 15 is 0 Å². The Morgan fingerprint density at radius 1 is 0.525 bits per heavy atom. The van der Waals surface area contributed by atoms with Crippen molar-refractivity contribution in [1.29, 1.82) is 0 Å². The Morgan fingerprint density at radius 3 is 2.10 bits per heavy atom. The van der Waals surface area contributed by atoms with Crippen molar-refractivity contribution < 1.29 is 0 Å². The highest BCUT2D eigenvalue weighted by Crippen LogP contribution is 2.40. The van der Waals surface area contributed by atoms with Crippen molar-refractivity contribution in [3.63, 3.8) is 0 Å². The molecule has 0 spiro atoms. The van der Waals surface area contributed by atoms with Crippen molar-refractivity contribution in [2.24, 2.45) is 0 Å². The summed E-state index contributed by atoms with van der Waals surface area (Å²) in [5.74, 6) is 0. The van der Waals surface area contributed by atoms with Crippen molar-refractivity contribution in [2.75, 3.05) is 16.5 Å². The van der Waals surface area contributed by atoms with Crippen LogP contribution in [0.5, 0.6) is 0 Å². The zero-order valence-corrected chi connectivity index (χ0v) is 22.0. The van der Waals surface area contributed by atoms with Gasteiger partial charge in [-0.3, -0.25) is 4.98 Å². The van der Waals surface area contributed by atoms with Gasteiger partial charge in [-0.25, -0.2) is 0 Å². The Hall–Kier alpha value is -5.15. The molecule has 0 bridgehead atoms. The smallest absolute Gasteiger partial charge is 0.0955 e. The maximum Gasteiger partial charge on any atom is 0.0955 e. The van der Waals surface area contributed by atoms with Crippen molar-refractivity contribution >= 4 is 49.5 Å². The summed E-state index contributed by atoms with van der Waals surface area (Å²) >= 11 is 0. The predicted octanol–water partition coefficient (Wildman–Crippen LogP) is 9.32. The summed E-state index contributed by atoms with van der Waals surface area (Å²) < 4.78 is 0. The second-order valence-corrected chi connectivity index (χ2v) is 10.5. The summed E-state index contributed by atoms with van der Waals surface area (Å²) in [6, 6.07) is 48.1. The lowest BCUT2D eigenvalue weighted by Gasteiger charge is -2.40. The van der Waals surface area contributed by atoms with Crippen LogP contribution in [0.2, 0.25) is 0 Å². The van der Waals surface area contributed by atoms with Crippen LogP contribution in [0.25, 0.3) is 43.6 Å². The fourth-order valence-electron chi connectivity index (χ4n) is 6.06. The van der Waals surface area contributed by atoms with Gasteiger partial charge in [-0.05, 0) is 69.6 Å². The number of aromatic nitrogens is 1. The fourth-order valence-corrected chi connectivity index (χ4v) is 6.06. The molecule has 0 unspecified atom stereocenters. The van der Waals surface area contributed by atoms with Gasteiger partial charge in [0.15, 0.2) is 0 Å². The van der Waals surface area contributed by atoms with Gasteiger partial charge in [0, 0.05) is 46.3 Å². The van der Waals surface area contributed by atoms with Crippen LogP contribution in [0.3, 0.4) is 0 Å². The van der Waals surface area contributed by atoms with E-state index in [-0.39, 0.29) is 0 Å². The van der Waals surface area contributed by atoms with Crippen molar-refractivity contribution in [1.82, 2.24) is 4.98 Å². The first-order valence-electron chi connectivity index (χ1n) is 13.8. The third-order valence-electron chi connectivity index (χ3n) is 8.17. The first-order chi connectivity index (χ1) is 19.8. The van der Waals surface area contributed by atoms with Gasteiger partial charge in [-0.1, -0.05) is 91.0 Å². The minimum absolute atomic E-state index is 0.778. The zero-order chi connectivity index (χ0) is 26.5. The van der Waals surface area contributed by atoms with E-state index in [1.54, 1.807) is 0 Å². The van der Waals surface area contributed by atoms with E-state index in [1.807, 2.05) is 12.3 Å². The Morgan fingerprint density at radius 2 is 1.23 bits per heavy atom. The predicted molar refractivity (Wildman–Crippen MR) is 168 cm³/mol. The molecule has 0 fully saturated rings. The molecule has 0 radical (unpaired) electrons. The third-order valence-corrected chi connectivity index (χ3v) is 8.17. The highest BCUT2D eigenvalue weighted by Gasteiger charge is 2.26. The maximum absolute atomic E-state index is 4.67. The summed E-state index contributed by atoms with van der Waals surface area (Å²) in [7, 11) is 0. The maximum atomic E-state index is 4.67. The average Bonchev–Trinajstić information content (AvgIpc) is 3.04. The Kier molecular flexibility index (Phi) is 5.27. The van der Waals surface area contributed by atoms with Crippen LogP contribution in [-0.4, -0.2) is 11.7 Å². The van der Waals surface area contributed by atoms with Crippen LogP contribution in [0.4, 0.5) is 17.1 Å². The lowest BCUT2D eigenvalue weighted by molar-refractivity contribution is 0.758. The second kappa shape index (κ2) is 9.25. The van der Waals surface area contributed by atoms with E-state index in [9.17, 15) is 0 Å². The molecule has 8 rings (SSSR count). The zero-order valence-electron chi connectivity index (χ0n) is 22.0. The van der Waals surface area contributed by atoms with Gasteiger partial charge < -0.3 is 9.80 Å². The number of rotatable bonds is 3. The molecule has 1 aromatic heterocycles.